The van der Waals surface area contributed by atoms with Crippen LogP contribution in [0.5, 0.6) is 11.5 Å². The van der Waals surface area contributed by atoms with E-state index in [4.69, 9.17) is 14.7 Å². The number of para-hydroxylation sites is 2. The number of carbonyl (C=O) groups excluding carboxylic acids is 1. The molecule has 0 unspecified atom stereocenters. The van der Waals surface area contributed by atoms with E-state index in [1.165, 1.54) is 0 Å². The lowest BCUT2D eigenvalue weighted by Gasteiger charge is -2.25. The van der Waals surface area contributed by atoms with Crippen molar-refractivity contribution < 1.29 is 14.3 Å². The number of carbonyl (C=O) groups is 1. The number of benzene rings is 2. The van der Waals surface area contributed by atoms with Gasteiger partial charge in [-0.3, -0.25) is 4.79 Å². The average Bonchev–Trinajstić information content (AvgIpc) is 2.55. The fourth-order valence-electron chi connectivity index (χ4n) is 2.00. The molecule has 0 aromatic heterocycles. The second kappa shape index (κ2) is 5.55. The molecule has 104 valence electrons. The van der Waals surface area contributed by atoms with E-state index in [2.05, 4.69) is 5.32 Å². The van der Waals surface area contributed by atoms with Crippen LogP contribution in [-0.4, -0.2) is 18.6 Å². The number of anilines is 1. The standard InChI is InChI=1S/C16H12N2O3/c17-9-11-5-7-12(8-6-11)18-16(19)15-10-20-13-3-1-2-4-14(13)21-15/h1-8,15H,10H2,(H,18,19)/t15-/m0/s1. The molecule has 0 bridgehead atoms. The Labute approximate surface area is 121 Å². The molecule has 3 rings (SSSR count). The third-order valence-corrected chi connectivity index (χ3v) is 3.08. The highest BCUT2D eigenvalue weighted by molar-refractivity contribution is 5.94. The van der Waals surface area contributed by atoms with Crippen molar-refractivity contribution in [2.24, 2.45) is 0 Å². The van der Waals surface area contributed by atoms with Crippen LogP contribution in [0.1, 0.15) is 5.56 Å². The molecule has 0 fully saturated rings. The lowest BCUT2D eigenvalue weighted by atomic mass is 10.2. The van der Waals surface area contributed by atoms with Gasteiger partial charge in [0.25, 0.3) is 5.91 Å². The lowest BCUT2D eigenvalue weighted by Crippen LogP contribution is -2.40. The summed E-state index contributed by atoms with van der Waals surface area (Å²) in [7, 11) is 0. The maximum atomic E-state index is 12.2. The van der Waals surface area contributed by atoms with Gasteiger partial charge in [0.1, 0.15) is 6.61 Å². The minimum absolute atomic E-state index is 0.166. The quantitative estimate of drug-likeness (QED) is 0.916. The van der Waals surface area contributed by atoms with Crippen LogP contribution in [0, 0.1) is 11.3 Å². The van der Waals surface area contributed by atoms with Crippen molar-refractivity contribution in [1.82, 2.24) is 0 Å². The molecule has 0 radical (unpaired) electrons. The topological polar surface area (TPSA) is 71.4 Å². The van der Waals surface area contributed by atoms with Crippen LogP contribution >= 0.6 is 0 Å². The van der Waals surface area contributed by atoms with E-state index in [9.17, 15) is 4.79 Å². The van der Waals surface area contributed by atoms with Gasteiger partial charge in [-0.1, -0.05) is 12.1 Å². The summed E-state index contributed by atoms with van der Waals surface area (Å²) in [5.74, 6) is 0.915. The molecule has 1 aliphatic heterocycles. The van der Waals surface area contributed by atoms with Gasteiger partial charge in [-0.05, 0) is 36.4 Å². The lowest BCUT2D eigenvalue weighted by molar-refractivity contribution is -0.125. The average molecular weight is 280 g/mol. The first-order valence-electron chi connectivity index (χ1n) is 6.46. The van der Waals surface area contributed by atoms with Crippen LogP contribution in [0.2, 0.25) is 0 Å². The summed E-state index contributed by atoms with van der Waals surface area (Å²) >= 11 is 0. The molecule has 1 heterocycles. The molecule has 0 spiro atoms. The van der Waals surface area contributed by atoms with Gasteiger partial charge >= 0.3 is 0 Å². The minimum atomic E-state index is -0.699. The Bertz CT molecular complexity index is 704. The summed E-state index contributed by atoms with van der Waals surface area (Å²) < 4.78 is 11.1. The Kier molecular flexibility index (Phi) is 3.44. The highest BCUT2D eigenvalue weighted by Gasteiger charge is 2.27. The SMILES string of the molecule is N#Cc1ccc(NC(=O)[C@@H]2COc3ccccc3O2)cc1. The monoisotopic (exact) mass is 280 g/mol. The van der Waals surface area contributed by atoms with Crippen LogP contribution in [0.15, 0.2) is 48.5 Å². The first-order valence-corrected chi connectivity index (χ1v) is 6.46. The molecule has 1 atom stereocenters. The Morgan fingerprint density at radius 2 is 1.86 bits per heavy atom. The molecule has 0 saturated heterocycles. The molecule has 21 heavy (non-hydrogen) atoms. The number of hydrogen-bond acceptors (Lipinski definition) is 4. The smallest absolute Gasteiger partial charge is 0.269 e. The van der Waals surface area contributed by atoms with Crippen molar-refractivity contribution in [2.75, 3.05) is 11.9 Å². The zero-order valence-electron chi connectivity index (χ0n) is 11.1. The number of hydrogen-bond donors (Lipinski definition) is 1. The van der Waals surface area contributed by atoms with Crippen molar-refractivity contribution in [1.29, 1.82) is 5.26 Å². The molecule has 0 saturated carbocycles. The fourth-order valence-corrected chi connectivity index (χ4v) is 2.00. The molecule has 1 N–H and O–H groups in total. The van der Waals surface area contributed by atoms with E-state index in [1.54, 1.807) is 36.4 Å². The fraction of sp³-hybridized carbons (Fsp3) is 0.125. The van der Waals surface area contributed by atoms with Crippen LogP contribution < -0.4 is 14.8 Å². The number of nitriles is 1. The number of amides is 1. The van der Waals surface area contributed by atoms with Crippen molar-refractivity contribution >= 4 is 11.6 Å². The van der Waals surface area contributed by atoms with E-state index in [-0.39, 0.29) is 12.5 Å². The minimum Gasteiger partial charge on any atom is -0.485 e. The summed E-state index contributed by atoms with van der Waals surface area (Å²) in [5, 5.41) is 11.5. The maximum Gasteiger partial charge on any atom is 0.269 e. The predicted octanol–water partition coefficient (Wildman–Crippen LogP) is 2.34. The molecule has 5 nitrogen and oxygen atoms in total. The summed E-state index contributed by atoms with van der Waals surface area (Å²) in [6.07, 6.45) is -0.699. The molecule has 1 aliphatic rings. The number of rotatable bonds is 2. The van der Waals surface area contributed by atoms with Gasteiger partial charge < -0.3 is 14.8 Å². The molecular weight excluding hydrogens is 268 g/mol. The summed E-state index contributed by atoms with van der Waals surface area (Å²) in [4.78, 5) is 12.2. The molecular formula is C16H12N2O3. The molecule has 5 heteroatoms. The third kappa shape index (κ3) is 2.79. The normalized spacial score (nSPS) is 15.9. The zero-order chi connectivity index (χ0) is 14.7. The molecule has 2 aromatic carbocycles. The predicted molar refractivity (Wildman–Crippen MR) is 76.1 cm³/mol. The first-order chi connectivity index (χ1) is 10.3. The number of nitrogens with zero attached hydrogens (tertiary/aromatic N) is 1. The second-order valence-corrected chi connectivity index (χ2v) is 4.54. The maximum absolute atomic E-state index is 12.2. The van der Waals surface area contributed by atoms with Crippen LogP contribution in [0.25, 0.3) is 0 Å². The van der Waals surface area contributed by atoms with Crippen molar-refractivity contribution in [3.63, 3.8) is 0 Å². The Hall–Kier alpha value is -3.00. The van der Waals surface area contributed by atoms with E-state index in [0.717, 1.165) is 0 Å². The summed E-state index contributed by atoms with van der Waals surface area (Å²) in [6, 6.07) is 15.9. The number of nitrogens with one attached hydrogen (secondary N) is 1. The van der Waals surface area contributed by atoms with Crippen LogP contribution in [-0.2, 0) is 4.79 Å². The highest BCUT2D eigenvalue weighted by atomic mass is 16.6. The molecule has 2 aromatic rings. The van der Waals surface area contributed by atoms with Gasteiger partial charge in [-0.25, -0.2) is 0 Å². The Morgan fingerprint density at radius 1 is 1.14 bits per heavy atom. The van der Waals surface area contributed by atoms with Crippen LogP contribution in [0.4, 0.5) is 5.69 Å². The van der Waals surface area contributed by atoms with E-state index in [0.29, 0.717) is 22.7 Å². The van der Waals surface area contributed by atoms with E-state index >= 15 is 0 Å². The Morgan fingerprint density at radius 3 is 2.57 bits per heavy atom. The zero-order valence-corrected chi connectivity index (χ0v) is 11.1. The van der Waals surface area contributed by atoms with Gasteiger partial charge in [0.15, 0.2) is 11.5 Å². The summed E-state index contributed by atoms with van der Waals surface area (Å²) in [6.45, 7) is 0.166. The largest absolute Gasteiger partial charge is 0.485 e. The van der Waals surface area contributed by atoms with Crippen molar-refractivity contribution in [3.8, 4) is 17.6 Å². The highest BCUT2D eigenvalue weighted by Crippen LogP contribution is 2.31. The number of fused-ring (bicyclic) bond motifs is 1. The van der Waals surface area contributed by atoms with Crippen molar-refractivity contribution in [2.45, 2.75) is 6.10 Å². The molecule has 1 amide bonds. The van der Waals surface area contributed by atoms with Gasteiger partial charge in [0.2, 0.25) is 6.10 Å². The number of ether oxygens (including phenoxy) is 2. The molecule has 0 aliphatic carbocycles. The van der Waals surface area contributed by atoms with Crippen molar-refractivity contribution in [3.05, 3.63) is 54.1 Å². The third-order valence-electron chi connectivity index (χ3n) is 3.08. The van der Waals surface area contributed by atoms with Gasteiger partial charge in [-0.2, -0.15) is 5.26 Å². The van der Waals surface area contributed by atoms with Gasteiger partial charge in [0.05, 0.1) is 11.6 Å². The van der Waals surface area contributed by atoms with E-state index < -0.39 is 6.10 Å². The first kappa shape index (κ1) is 13.0. The second-order valence-electron chi connectivity index (χ2n) is 4.54. The summed E-state index contributed by atoms with van der Waals surface area (Å²) in [5.41, 5.74) is 1.15. The van der Waals surface area contributed by atoms with E-state index in [1.807, 2.05) is 18.2 Å². The Balaban J connectivity index is 1.68. The van der Waals surface area contributed by atoms with Gasteiger partial charge in [-0.15, -0.1) is 0 Å². The van der Waals surface area contributed by atoms with Gasteiger partial charge in [0, 0.05) is 5.69 Å². The van der Waals surface area contributed by atoms with Crippen LogP contribution in [0.3, 0.4) is 0 Å².